The lowest BCUT2D eigenvalue weighted by Crippen LogP contribution is -2.48. The van der Waals surface area contributed by atoms with Crippen molar-refractivity contribution in [2.24, 2.45) is 10.7 Å². The molecule has 0 amide bonds. The third-order valence-electron chi connectivity index (χ3n) is 4.37. The molecule has 1 spiro atoms. The van der Waals surface area contributed by atoms with Crippen molar-refractivity contribution in [2.75, 3.05) is 13.1 Å². The van der Waals surface area contributed by atoms with Crippen LogP contribution < -0.4 is 11.1 Å². The van der Waals surface area contributed by atoms with Crippen LogP contribution in [0.3, 0.4) is 0 Å². The Bertz CT molecular complexity index is 432. The van der Waals surface area contributed by atoms with Gasteiger partial charge in [-0.2, -0.15) is 0 Å². The van der Waals surface area contributed by atoms with E-state index in [1.54, 1.807) is 6.21 Å². The first-order valence-corrected chi connectivity index (χ1v) is 7.14. The number of Topliss-reactive ketones (excluding diaryl/α,β-unsaturated/α-hetero) is 1. The van der Waals surface area contributed by atoms with Gasteiger partial charge in [-0.25, -0.2) is 0 Å². The molecule has 1 saturated heterocycles. The summed E-state index contributed by atoms with van der Waals surface area (Å²) in [6.07, 6.45) is 7.30. The Morgan fingerprint density at radius 2 is 2.11 bits per heavy atom. The second-order valence-corrected chi connectivity index (χ2v) is 5.78. The van der Waals surface area contributed by atoms with Crippen molar-refractivity contribution < 1.29 is 9.53 Å². The van der Waals surface area contributed by atoms with Gasteiger partial charge in [-0.3, -0.25) is 9.79 Å². The van der Waals surface area contributed by atoms with Gasteiger partial charge in [0.2, 0.25) is 0 Å². The van der Waals surface area contributed by atoms with Crippen molar-refractivity contribution in [3.8, 4) is 0 Å². The lowest BCUT2D eigenvalue weighted by atomic mass is 9.84. The van der Waals surface area contributed by atoms with Gasteiger partial charge in [0.25, 0.3) is 0 Å². The summed E-state index contributed by atoms with van der Waals surface area (Å²) in [7, 11) is 0. The largest absolute Gasteiger partial charge is 0.483 e. The number of nitrogens with one attached hydrogen (secondary N) is 1. The van der Waals surface area contributed by atoms with E-state index >= 15 is 0 Å². The van der Waals surface area contributed by atoms with Crippen molar-refractivity contribution in [2.45, 2.75) is 50.2 Å². The Kier molecular flexibility index (Phi) is 3.31. The molecule has 1 aliphatic carbocycles. The Hall–Kier alpha value is -1.36. The van der Waals surface area contributed by atoms with Crippen molar-refractivity contribution in [1.29, 1.82) is 0 Å². The summed E-state index contributed by atoms with van der Waals surface area (Å²) in [5.74, 6) is 0.494. The predicted molar refractivity (Wildman–Crippen MR) is 72.9 cm³/mol. The molecular weight excluding hydrogens is 242 g/mol. The highest BCUT2D eigenvalue weighted by Gasteiger charge is 2.41. The molecule has 0 bridgehead atoms. The molecule has 1 saturated carbocycles. The molecule has 5 nitrogen and oxygen atoms in total. The second-order valence-electron chi connectivity index (χ2n) is 5.78. The number of allylic oxidation sites excluding steroid dienone is 2. The van der Waals surface area contributed by atoms with Crippen LogP contribution in [0.15, 0.2) is 16.4 Å². The van der Waals surface area contributed by atoms with E-state index in [9.17, 15) is 4.79 Å². The predicted octanol–water partition coefficient (Wildman–Crippen LogP) is 0.892. The van der Waals surface area contributed by atoms with Crippen molar-refractivity contribution in [3.05, 3.63) is 11.5 Å². The molecule has 5 heteroatoms. The zero-order valence-electron chi connectivity index (χ0n) is 11.2. The van der Waals surface area contributed by atoms with E-state index in [4.69, 9.17) is 10.5 Å². The number of ether oxygens (including phenoxy) is 1. The zero-order chi connectivity index (χ0) is 13.3. The molecule has 0 radical (unpaired) electrons. The monoisotopic (exact) mass is 263 g/mol. The lowest BCUT2D eigenvalue weighted by Gasteiger charge is -2.40. The molecule has 0 atom stereocenters. The van der Waals surface area contributed by atoms with Gasteiger partial charge < -0.3 is 15.8 Å². The van der Waals surface area contributed by atoms with Gasteiger partial charge in [-0.1, -0.05) is 0 Å². The molecule has 0 aromatic rings. The van der Waals surface area contributed by atoms with Crippen molar-refractivity contribution in [3.63, 3.8) is 0 Å². The van der Waals surface area contributed by atoms with E-state index in [1.807, 2.05) is 0 Å². The van der Waals surface area contributed by atoms with Gasteiger partial charge in [0, 0.05) is 12.8 Å². The third-order valence-corrected chi connectivity index (χ3v) is 4.37. The average Bonchev–Trinajstić information content (AvgIpc) is 2.34. The summed E-state index contributed by atoms with van der Waals surface area (Å²) in [5, 5.41) is 3.29. The summed E-state index contributed by atoms with van der Waals surface area (Å²) in [5.41, 5.74) is 5.74. The molecule has 0 unspecified atom stereocenters. The fourth-order valence-electron chi connectivity index (χ4n) is 2.82. The number of carbonyl (C=O) groups is 1. The van der Waals surface area contributed by atoms with Crippen molar-refractivity contribution in [1.82, 2.24) is 5.32 Å². The topological polar surface area (TPSA) is 76.7 Å². The first-order chi connectivity index (χ1) is 9.19. The molecule has 3 aliphatic rings. The highest BCUT2D eigenvalue weighted by molar-refractivity contribution is 6.01. The summed E-state index contributed by atoms with van der Waals surface area (Å²) >= 11 is 0. The molecule has 2 fully saturated rings. The minimum atomic E-state index is -0.355. The number of nitrogens with zero attached hydrogens (tertiary/aromatic N) is 1. The van der Waals surface area contributed by atoms with E-state index < -0.39 is 0 Å². The van der Waals surface area contributed by atoms with E-state index in [0.717, 1.165) is 38.8 Å². The summed E-state index contributed by atoms with van der Waals surface area (Å²) in [4.78, 5) is 16.5. The van der Waals surface area contributed by atoms with Crippen molar-refractivity contribution >= 4 is 12.0 Å². The van der Waals surface area contributed by atoms with Gasteiger partial charge in [-0.15, -0.1) is 0 Å². The molecule has 3 rings (SSSR count). The maximum atomic E-state index is 12.1. The molecule has 2 aliphatic heterocycles. The lowest BCUT2D eigenvalue weighted by molar-refractivity contribution is -0.126. The smallest absolute Gasteiger partial charge is 0.186 e. The van der Waals surface area contributed by atoms with Gasteiger partial charge >= 0.3 is 0 Å². The van der Waals surface area contributed by atoms with E-state index in [1.165, 1.54) is 6.42 Å². The van der Waals surface area contributed by atoms with Crippen LogP contribution in [0.2, 0.25) is 0 Å². The van der Waals surface area contributed by atoms with Crippen LogP contribution in [0.4, 0.5) is 0 Å². The quantitative estimate of drug-likeness (QED) is 0.725. The highest BCUT2D eigenvalue weighted by Crippen LogP contribution is 2.34. The van der Waals surface area contributed by atoms with Gasteiger partial charge in [0.1, 0.15) is 11.3 Å². The Labute approximate surface area is 113 Å². The van der Waals surface area contributed by atoms with E-state index in [2.05, 4.69) is 10.3 Å². The van der Waals surface area contributed by atoms with Crippen LogP contribution >= 0.6 is 0 Å². The van der Waals surface area contributed by atoms with Crippen LogP contribution in [0, 0.1) is 0 Å². The molecule has 19 heavy (non-hydrogen) atoms. The second kappa shape index (κ2) is 4.96. The van der Waals surface area contributed by atoms with Crippen LogP contribution in [0.25, 0.3) is 0 Å². The highest BCUT2D eigenvalue weighted by atomic mass is 16.5. The van der Waals surface area contributed by atoms with Crippen LogP contribution in [-0.2, 0) is 9.53 Å². The molecule has 3 N–H and O–H groups in total. The number of carbonyl (C=O) groups excluding carboxylic acids is 1. The molecular formula is C14H21N3O2. The standard InChI is InChI=1S/C14H21N3O2/c15-13-11(18)8-14(4-6-16-7-5-14)19-12(13)9-17-10-2-1-3-10/h9-10,16H,1-8,15H2. The minimum absolute atomic E-state index is 0.00297. The van der Waals surface area contributed by atoms with Crippen LogP contribution in [0.1, 0.15) is 38.5 Å². The van der Waals surface area contributed by atoms with Gasteiger partial charge in [-0.05, 0) is 32.4 Å². The Morgan fingerprint density at radius 3 is 2.74 bits per heavy atom. The first kappa shape index (κ1) is 12.7. The zero-order valence-corrected chi connectivity index (χ0v) is 11.2. The summed E-state index contributed by atoms with van der Waals surface area (Å²) in [6.45, 7) is 1.78. The average molecular weight is 263 g/mol. The number of rotatable bonds is 2. The van der Waals surface area contributed by atoms with E-state index in [0.29, 0.717) is 18.2 Å². The molecule has 0 aromatic heterocycles. The molecule has 104 valence electrons. The Balaban J connectivity index is 1.77. The fourth-order valence-corrected chi connectivity index (χ4v) is 2.82. The number of hydrogen-bond acceptors (Lipinski definition) is 5. The van der Waals surface area contributed by atoms with Crippen LogP contribution in [-0.4, -0.2) is 36.7 Å². The number of ketones is 1. The molecule has 0 aromatic carbocycles. The maximum absolute atomic E-state index is 12.1. The summed E-state index contributed by atoms with van der Waals surface area (Å²) < 4.78 is 6.06. The van der Waals surface area contributed by atoms with Gasteiger partial charge in [0.05, 0.1) is 18.7 Å². The summed E-state index contributed by atoms with van der Waals surface area (Å²) in [6, 6.07) is 0.393. The minimum Gasteiger partial charge on any atom is -0.483 e. The van der Waals surface area contributed by atoms with E-state index in [-0.39, 0.29) is 17.1 Å². The normalized spacial score (nSPS) is 27.7. The number of nitrogens with two attached hydrogens (primary N) is 1. The molecule has 2 heterocycles. The third kappa shape index (κ3) is 2.52. The number of hydrogen-bond donors (Lipinski definition) is 2. The number of aliphatic imine (C=N–C) groups is 1. The maximum Gasteiger partial charge on any atom is 0.186 e. The van der Waals surface area contributed by atoms with Crippen LogP contribution in [0.5, 0.6) is 0 Å². The SMILES string of the molecule is NC1=C(C=NC2CCC2)OC2(CCNCC2)CC1=O. The Morgan fingerprint density at radius 1 is 1.37 bits per heavy atom. The first-order valence-electron chi connectivity index (χ1n) is 7.14. The van der Waals surface area contributed by atoms with Gasteiger partial charge in [0.15, 0.2) is 11.5 Å². The number of piperidine rings is 1. The fraction of sp³-hybridized carbons (Fsp3) is 0.714.